The highest BCUT2D eigenvalue weighted by Gasteiger charge is 2.10. The summed E-state index contributed by atoms with van der Waals surface area (Å²) >= 11 is 0. The fraction of sp³-hybridized carbons (Fsp3) is 0.333. The molecule has 0 radical (unpaired) electrons. The zero-order chi connectivity index (χ0) is 16.7. The summed E-state index contributed by atoms with van der Waals surface area (Å²) in [6, 6.07) is 9.45. The van der Waals surface area contributed by atoms with Crippen LogP contribution in [0.3, 0.4) is 0 Å². The maximum atomic E-state index is 12.4. The second-order valence-electron chi connectivity index (χ2n) is 5.40. The number of nitrogens with one attached hydrogen (secondary N) is 2. The van der Waals surface area contributed by atoms with Crippen molar-refractivity contribution in [3.8, 4) is 0 Å². The minimum atomic E-state index is -0.209. The number of nitrogens with zero attached hydrogens (tertiary/aromatic N) is 1. The lowest BCUT2D eigenvalue weighted by molar-refractivity contribution is 0.102. The molecular weight excluding hydrogens is 290 g/mol. The van der Waals surface area contributed by atoms with E-state index in [2.05, 4.69) is 15.6 Å². The van der Waals surface area contributed by atoms with Crippen molar-refractivity contribution in [3.05, 3.63) is 53.3 Å². The molecule has 2 rings (SSSR count). The normalized spacial score (nSPS) is 10.4. The average molecular weight is 313 g/mol. The molecule has 2 aromatic rings. The van der Waals surface area contributed by atoms with Crippen molar-refractivity contribution in [2.45, 2.75) is 20.3 Å². The van der Waals surface area contributed by atoms with Gasteiger partial charge in [0.2, 0.25) is 0 Å². The molecule has 1 aromatic carbocycles. The summed E-state index contributed by atoms with van der Waals surface area (Å²) in [5.74, 6) is -0.209. The first-order chi connectivity index (χ1) is 11.1. The van der Waals surface area contributed by atoms with E-state index < -0.39 is 0 Å². The van der Waals surface area contributed by atoms with Crippen molar-refractivity contribution in [2.24, 2.45) is 0 Å². The van der Waals surface area contributed by atoms with Gasteiger partial charge in [-0.2, -0.15) is 0 Å². The molecule has 0 aliphatic rings. The summed E-state index contributed by atoms with van der Waals surface area (Å²) in [6.07, 6.45) is 2.54. The number of anilines is 2. The largest absolute Gasteiger partial charge is 0.385 e. The number of carbonyl (C=O) groups is 1. The Morgan fingerprint density at radius 1 is 1.26 bits per heavy atom. The van der Waals surface area contributed by atoms with Gasteiger partial charge in [-0.15, -0.1) is 0 Å². The predicted molar refractivity (Wildman–Crippen MR) is 93.1 cm³/mol. The zero-order valence-corrected chi connectivity index (χ0v) is 13.8. The molecule has 0 atom stereocenters. The molecule has 5 nitrogen and oxygen atoms in total. The average Bonchev–Trinajstić information content (AvgIpc) is 2.56. The van der Waals surface area contributed by atoms with Gasteiger partial charge in [-0.3, -0.25) is 9.78 Å². The summed E-state index contributed by atoms with van der Waals surface area (Å²) in [5.41, 5.74) is 4.29. The van der Waals surface area contributed by atoms with Crippen molar-refractivity contribution in [3.63, 3.8) is 0 Å². The Kier molecular flexibility index (Phi) is 6.11. The Labute approximate surface area is 137 Å². The van der Waals surface area contributed by atoms with Gasteiger partial charge < -0.3 is 15.4 Å². The quantitative estimate of drug-likeness (QED) is 0.769. The summed E-state index contributed by atoms with van der Waals surface area (Å²) < 4.78 is 5.01. The lowest BCUT2D eigenvalue weighted by Gasteiger charge is -2.11. The summed E-state index contributed by atoms with van der Waals surface area (Å²) in [6.45, 7) is 5.51. The number of hydrogen-bond donors (Lipinski definition) is 2. The van der Waals surface area contributed by atoms with Gasteiger partial charge in [-0.05, 0) is 49.6 Å². The fourth-order valence-electron chi connectivity index (χ4n) is 2.19. The highest BCUT2D eigenvalue weighted by molar-refractivity contribution is 6.03. The van der Waals surface area contributed by atoms with Crippen LogP contribution in [0.4, 0.5) is 11.4 Å². The molecule has 1 amide bonds. The smallest absolute Gasteiger partial charge is 0.274 e. The minimum absolute atomic E-state index is 0.209. The van der Waals surface area contributed by atoms with Crippen molar-refractivity contribution in [1.82, 2.24) is 4.98 Å². The molecule has 1 aromatic heterocycles. The monoisotopic (exact) mass is 313 g/mol. The third kappa shape index (κ3) is 4.79. The Bertz CT molecular complexity index is 671. The molecule has 1 heterocycles. The van der Waals surface area contributed by atoms with Crippen LogP contribution >= 0.6 is 0 Å². The fourth-order valence-corrected chi connectivity index (χ4v) is 2.19. The first-order valence-corrected chi connectivity index (χ1v) is 7.68. The standard InChI is InChI=1S/C18H23N3O2/c1-13-6-4-7-16(14(13)2)21-18(22)17-12-15(8-10-20-17)19-9-5-11-23-3/h4,6-8,10,12H,5,9,11H2,1-3H3,(H,19,20)(H,21,22). The van der Waals surface area contributed by atoms with E-state index in [0.29, 0.717) is 12.3 Å². The van der Waals surface area contributed by atoms with Crippen LogP contribution in [-0.4, -0.2) is 31.2 Å². The molecule has 122 valence electrons. The SMILES string of the molecule is COCCCNc1ccnc(C(=O)Nc2cccc(C)c2C)c1. The molecule has 0 bridgehead atoms. The maximum absolute atomic E-state index is 12.4. The minimum Gasteiger partial charge on any atom is -0.385 e. The first kappa shape index (κ1) is 17.0. The number of rotatable bonds is 7. The predicted octanol–water partition coefficient (Wildman–Crippen LogP) is 3.40. The van der Waals surface area contributed by atoms with Crippen LogP contribution in [0.15, 0.2) is 36.5 Å². The molecular formula is C18H23N3O2. The van der Waals surface area contributed by atoms with Crippen molar-refractivity contribution in [1.29, 1.82) is 0 Å². The van der Waals surface area contributed by atoms with E-state index >= 15 is 0 Å². The Morgan fingerprint density at radius 3 is 2.87 bits per heavy atom. The van der Waals surface area contributed by atoms with Gasteiger partial charge >= 0.3 is 0 Å². The molecule has 0 aliphatic heterocycles. The van der Waals surface area contributed by atoms with Gasteiger partial charge in [-0.1, -0.05) is 12.1 Å². The third-order valence-corrected chi connectivity index (χ3v) is 3.70. The second kappa shape index (κ2) is 8.29. The van der Waals surface area contributed by atoms with Crippen LogP contribution in [0.2, 0.25) is 0 Å². The van der Waals surface area contributed by atoms with Crippen LogP contribution in [0.1, 0.15) is 28.0 Å². The molecule has 5 heteroatoms. The van der Waals surface area contributed by atoms with Crippen molar-refractivity contribution in [2.75, 3.05) is 30.9 Å². The number of methoxy groups -OCH3 is 1. The molecule has 0 fully saturated rings. The number of carbonyl (C=O) groups excluding carboxylic acids is 1. The zero-order valence-electron chi connectivity index (χ0n) is 13.8. The second-order valence-corrected chi connectivity index (χ2v) is 5.40. The van der Waals surface area contributed by atoms with E-state index in [0.717, 1.165) is 35.5 Å². The third-order valence-electron chi connectivity index (χ3n) is 3.70. The van der Waals surface area contributed by atoms with Crippen molar-refractivity contribution >= 4 is 17.3 Å². The van der Waals surface area contributed by atoms with E-state index in [1.165, 1.54) is 0 Å². The Balaban J connectivity index is 2.03. The number of pyridine rings is 1. The van der Waals surface area contributed by atoms with Crippen molar-refractivity contribution < 1.29 is 9.53 Å². The van der Waals surface area contributed by atoms with E-state index in [4.69, 9.17) is 4.74 Å². The first-order valence-electron chi connectivity index (χ1n) is 7.68. The molecule has 0 unspecified atom stereocenters. The summed E-state index contributed by atoms with van der Waals surface area (Å²) in [7, 11) is 1.68. The molecule has 0 aliphatic carbocycles. The highest BCUT2D eigenvalue weighted by Crippen LogP contribution is 2.19. The van der Waals surface area contributed by atoms with Gasteiger partial charge in [0.1, 0.15) is 5.69 Å². The van der Waals surface area contributed by atoms with E-state index in [1.54, 1.807) is 19.4 Å². The number of aryl methyl sites for hydroxylation is 1. The molecule has 23 heavy (non-hydrogen) atoms. The number of hydrogen-bond acceptors (Lipinski definition) is 4. The number of aromatic nitrogens is 1. The van der Waals surface area contributed by atoms with Gasteiger partial charge in [0.15, 0.2) is 0 Å². The van der Waals surface area contributed by atoms with E-state index in [-0.39, 0.29) is 5.91 Å². The van der Waals surface area contributed by atoms with Crippen LogP contribution in [0, 0.1) is 13.8 Å². The van der Waals surface area contributed by atoms with Gasteiger partial charge in [0, 0.05) is 37.8 Å². The number of amides is 1. The summed E-state index contributed by atoms with van der Waals surface area (Å²) in [5, 5.41) is 6.18. The lowest BCUT2D eigenvalue weighted by atomic mass is 10.1. The van der Waals surface area contributed by atoms with E-state index in [9.17, 15) is 4.79 Å². The van der Waals surface area contributed by atoms with Gasteiger partial charge in [-0.25, -0.2) is 0 Å². The Hall–Kier alpha value is -2.40. The van der Waals surface area contributed by atoms with Crippen LogP contribution in [0.5, 0.6) is 0 Å². The van der Waals surface area contributed by atoms with Crippen LogP contribution in [0.25, 0.3) is 0 Å². The van der Waals surface area contributed by atoms with Crippen LogP contribution < -0.4 is 10.6 Å². The van der Waals surface area contributed by atoms with E-state index in [1.807, 2.05) is 38.1 Å². The number of benzene rings is 1. The maximum Gasteiger partial charge on any atom is 0.274 e. The Morgan fingerprint density at radius 2 is 2.09 bits per heavy atom. The summed E-state index contributed by atoms with van der Waals surface area (Å²) in [4.78, 5) is 16.5. The number of ether oxygens (including phenoxy) is 1. The van der Waals surface area contributed by atoms with Gasteiger partial charge in [0.25, 0.3) is 5.91 Å². The molecule has 0 spiro atoms. The highest BCUT2D eigenvalue weighted by atomic mass is 16.5. The molecule has 0 saturated carbocycles. The molecule has 0 saturated heterocycles. The molecule has 2 N–H and O–H groups in total. The van der Waals surface area contributed by atoms with Gasteiger partial charge in [0.05, 0.1) is 0 Å². The topological polar surface area (TPSA) is 63.2 Å². The van der Waals surface area contributed by atoms with Crippen LogP contribution in [-0.2, 0) is 4.74 Å². The lowest BCUT2D eigenvalue weighted by Crippen LogP contribution is -2.15.